The zero-order valence-corrected chi connectivity index (χ0v) is 19.3. The number of rotatable bonds is 7. The van der Waals surface area contributed by atoms with E-state index in [-0.39, 0.29) is 12.3 Å². The predicted molar refractivity (Wildman–Crippen MR) is 136 cm³/mol. The van der Waals surface area contributed by atoms with Gasteiger partial charge in [-0.15, -0.1) is 0 Å². The predicted octanol–water partition coefficient (Wildman–Crippen LogP) is 5.11. The van der Waals surface area contributed by atoms with Gasteiger partial charge in [-0.1, -0.05) is 78.9 Å². The van der Waals surface area contributed by atoms with Crippen LogP contribution < -0.4 is 5.32 Å². The molecule has 0 unspecified atom stereocenters. The standard InChI is InChI=1S/C29H25N3O3/c1-19-27-23(22-14-8-9-15-24(22)31-27)17-25(30-19)28(33)32-26(16-20-10-4-2-5-11-20)29(34)35-18-21-12-6-3-7-13-21/h2-15,17,26,31H,16,18H2,1H3,(H,32,33)/t26-/m0/s1. The van der Waals surface area contributed by atoms with Crippen LogP contribution in [0, 0.1) is 6.92 Å². The first-order chi connectivity index (χ1) is 17.1. The Labute approximate surface area is 203 Å². The zero-order chi connectivity index (χ0) is 24.2. The maximum absolute atomic E-state index is 13.3. The van der Waals surface area contributed by atoms with Crippen molar-refractivity contribution in [1.82, 2.24) is 15.3 Å². The molecule has 0 spiro atoms. The lowest BCUT2D eigenvalue weighted by atomic mass is 10.1. The van der Waals surface area contributed by atoms with E-state index in [9.17, 15) is 9.59 Å². The minimum atomic E-state index is -0.852. The molecule has 6 nitrogen and oxygen atoms in total. The molecule has 0 aliphatic heterocycles. The number of benzene rings is 3. The fourth-order valence-electron chi connectivity index (χ4n) is 4.23. The quantitative estimate of drug-likeness (QED) is 0.329. The molecule has 0 aliphatic carbocycles. The number of carbonyl (C=O) groups is 2. The first-order valence-electron chi connectivity index (χ1n) is 11.5. The molecule has 5 aromatic rings. The monoisotopic (exact) mass is 463 g/mol. The van der Waals surface area contributed by atoms with Crippen molar-refractivity contribution < 1.29 is 14.3 Å². The van der Waals surface area contributed by atoms with E-state index >= 15 is 0 Å². The summed E-state index contributed by atoms with van der Waals surface area (Å²) in [6, 6.07) is 27.9. The molecular formula is C29H25N3O3. The number of aromatic amines is 1. The molecule has 0 bridgehead atoms. The molecule has 5 rings (SSSR count). The minimum Gasteiger partial charge on any atom is -0.459 e. The Morgan fingerprint density at radius 1 is 0.886 bits per heavy atom. The van der Waals surface area contributed by atoms with Crippen LogP contribution in [0.3, 0.4) is 0 Å². The van der Waals surface area contributed by atoms with Crippen LogP contribution in [0.15, 0.2) is 91.0 Å². The number of hydrogen-bond donors (Lipinski definition) is 2. The lowest BCUT2D eigenvalue weighted by Crippen LogP contribution is -2.43. The van der Waals surface area contributed by atoms with Crippen molar-refractivity contribution in [3.63, 3.8) is 0 Å². The minimum absolute atomic E-state index is 0.138. The smallest absolute Gasteiger partial charge is 0.329 e. The van der Waals surface area contributed by atoms with Gasteiger partial charge in [0.2, 0.25) is 0 Å². The third kappa shape index (κ3) is 4.92. The van der Waals surface area contributed by atoms with Gasteiger partial charge in [0.15, 0.2) is 0 Å². The number of aromatic nitrogens is 2. The molecular weight excluding hydrogens is 438 g/mol. The van der Waals surface area contributed by atoms with E-state index in [1.807, 2.05) is 91.9 Å². The second-order valence-electron chi connectivity index (χ2n) is 8.50. The Bertz CT molecular complexity index is 1490. The number of para-hydroxylation sites is 1. The highest BCUT2D eigenvalue weighted by Gasteiger charge is 2.25. The highest BCUT2D eigenvalue weighted by molar-refractivity contribution is 6.10. The third-order valence-electron chi connectivity index (χ3n) is 6.01. The number of fused-ring (bicyclic) bond motifs is 3. The van der Waals surface area contributed by atoms with Gasteiger partial charge in [0, 0.05) is 22.7 Å². The van der Waals surface area contributed by atoms with Crippen molar-refractivity contribution in [1.29, 1.82) is 0 Å². The number of ether oxygens (including phenoxy) is 1. The number of hydrogen-bond acceptors (Lipinski definition) is 4. The summed E-state index contributed by atoms with van der Waals surface area (Å²) in [5.41, 5.74) is 4.66. The van der Waals surface area contributed by atoms with Crippen LogP contribution >= 0.6 is 0 Å². The summed E-state index contributed by atoms with van der Waals surface area (Å²) in [4.78, 5) is 34.2. The van der Waals surface area contributed by atoms with E-state index in [1.54, 1.807) is 6.07 Å². The molecule has 35 heavy (non-hydrogen) atoms. The molecule has 6 heteroatoms. The average Bonchev–Trinajstić information content (AvgIpc) is 3.27. The zero-order valence-electron chi connectivity index (χ0n) is 19.3. The summed E-state index contributed by atoms with van der Waals surface area (Å²) >= 11 is 0. The van der Waals surface area contributed by atoms with Gasteiger partial charge in [0.25, 0.3) is 5.91 Å². The number of pyridine rings is 1. The summed E-state index contributed by atoms with van der Waals surface area (Å²) in [7, 11) is 0. The molecule has 1 atom stereocenters. The Hall–Kier alpha value is -4.45. The van der Waals surface area contributed by atoms with Gasteiger partial charge in [-0.25, -0.2) is 9.78 Å². The van der Waals surface area contributed by atoms with E-state index in [0.29, 0.717) is 6.42 Å². The van der Waals surface area contributed by atoms with Crippen LogP contribution in [0.2, 0.25) is 0 Å². The summed E-state index contributed by atoms with van der Waals surface area (Å²) in [5, 5.41) is 4.80. The molecule has 0 radical (unpaired) electrons. The number of carbonyl (C=O) groups excluding carboxylic acids is 2. The molecule has 1 amide bonds. The van der Waals surface area contributed by atoms with Gasteiger partial charge in [-0.3, -0.25) is 4.79 Å². The molecule has 2 heterocycles. The van der Waals surface area contributed by atoms with E-state index in [4.69, 9.17) is 4.74 Å². The number of esters is 1. The van der Waals surface area contributed by atoms with Gasteiger partial charge in [-0.2, -0.15) is 0 Å². The number of H-pyrrole nitrogens is 1. The summed E-state index contributed by atoms with van der Waals surface area (Å²) in [6.07, 6.45) is 0.314. The molecule has 0 aliphatic rings. The van der Waals surface area contributed by atoms with Gasteiger partial charge < -0.3 is 15.0 Å². The Balaban J connectivity index is 1.40. The van der Waals surface area contributed by atoms with Crippen LogP contribution in [-0.2, 0) is 22.6 Å². The van der Waals surface area contributed by atoms with Crippen LogP contribution in [0.5, 0.6) is 0 Å². The van der Waals surface area contributed by atoms with Gasteiger partial charge >= 0.3 is 5.97 Å². The van der Waals surface area contributed by atoms with E-state index in [1.165, 1.54) is 0 Å². The average molecular weight is 464 g/mol. The maximum atomic E-state index is 13.3. The van der Waals surface area contributed by atoms with Gasteiger partial charge in [0.05, 0.1) is 11.2 Å². The van der Waals surface area contributed by atoms with Crippen LogP contribution in [0.4, 0.5) is 0 Å². The summed E-state index contributed by atoms with van der Waals surface area (Å²) in [6.45, 7) is 2.00. The summed E-state index contributed by atoms with van der Waals surface area (Å²) < 4.78 is 5.56. The van der Waals surface area contributed by atoms with Crippen molar-refractivity contribution in [3.05, 3.63) is 114 Å². The van der Waals surface area contributed by atoms with Crippen molar-refractivity contribution >= 4 is 33.7 Å². The Kier molecular flexibility index (Phi) is 6.26. The first kappa shape index (κ1) is 22.3. The van der Waals surface area contributed by atoms with Crippen molar-refractivity contribution in [2.75, 3.05) is 0 Å². The van der Waals surface area contributed by atoms with Crippen LogP contribution in [0.1, 0.15) is 27.3 Å². The molecule has 0 fully saturated rings. The Morgan fingerprint density at radius 2 is 1.54 bits per heavy atom. The van der Waals surface area contributed by atoms with Crippen LogP contribution in [-0.4, -0.2) is 27.9 Å². The van der Waals surface area contributed by atoms with E-state index < -0.39 is 17.9 Å². The normalized spacial score (nSPS) is 11.9. The number of aryl methyl sites for hydroxylation is 1. The fourth-order valence-corrected chi connectivity index (χ4v) is 4.23. The van der Waals surface area contributed by atoms with E-state index in [0.717, 1.165) is 38.6 Å². The molecule has 2 aromatic heterocycles. The highest BCUT2D eigenvalue weighted by atomic mass is 16.5. The number of nitrogens with one attached hydrogen (secondary N) is 2. The molecule has 2 N–H and O–H groups in total. The number of nitrogens with zero attached hydrogens (tertiary/aromatic N) is 1. The van der Waals surface area contributed by atoms with Gasteiger partial charge in [0.1, 0.15) is 18.3 Å². The van der Waals surface area contributed by atoms with Crippen molar-refractivity contribution in [3.8, 4) is 0 Å². The molecule has 0 saturated carbocycles. The lowest BCUT2D eigenvalue weighted by molar-refractivity contribution is -0.147. The SMILES string of the molecule is Cc1nc(C(=O)N[C@@H](Cc2ccccc2)C(=O)OCc2ccccc2)cc2c1[nH]c1ccccc12. The van der Waals surface area contributed by atoms with Crippen molar-refractivity contribution in [2.24, 2.45) is 0 Å². The summed E-state index contributed by atoms with van der Waals surface area (Å²) in [5.74, 6) is -0.908. The maximum Gasteiger partial charge on any atom is 0.329 e. The largest absolute Gasteiger partial charge is 0.459 e. The first-order valence-corrected chi connectivity index (χ1v) is 11.5. The third-order valence-corrected chi connectivity index (χ3v) is 6.01. The van der Waals surface area contributed by atoms with Crippen LogP contribution in [0.25, 0.3) is 21.8 Å². The molecule has 174 valence electrons. The lowest BCUT2D eigenvalue weighted by Gasteiger charge is -2.18. The molecule has 0 saturated heterocycles. The topological polar surface area (TPSA) is 84.1 Å². The fraction of sp³-hybridized carbons (Fsp3) is 0.138. The number of amides is 1. The second-order valence-corrected chi connectivity index (χ2v) is 8.50. The van der Waals surface area contributed by atoms with Gasteiger partial charge in [-0.05, 0) is 30.2 Å². The molecule has 3 aromatic carbocycles. The van der Waals surface area contributed by atoms with Crippen molar-refractivity contribution in [2.45, 2.75) is 26.0 Å². The second kappa shape index (κ2) is 9.81. The Morgan fingerprint density at radius 3 is 2.29 bits per heavy atom. The highest BCUT2D eigenvalue weighted by Crippen LogP contribution is 2.27. The van der Waals surface area contributed by atoms with E-state index in [2.05, 4.69) is 15.3 Å².